The van der Waals surface area contributed by atoms with Gasteiger partial charge < -0.3 is 15.4 Å². The Labute approximate surface area is 114 Å². The number of hydrogen-bond acceptors (Lipinski definition) is 4. The average Bonchev–Trinajstić information content (AvgIpc) is 2.74. The zero-order valence-corrected chi connectivity index (χ0v) is 11.8. The molecule has 0 aromatic carbocycles. The number of ether oxygens (including phenoxy) is 1. The second-order valence-corrected chi connectivity index (χ2v) is 5.73. The molecule has 0 saturated carbocycles. The van der Waals surface area contributed by atoms with Crippen LogP contribution in [0.4, 0.5) is 0 Å². The Kier molecular flexibility index (Phi) is 4.80. The molecule has 0 spiro atoms. The Morgan fingerprint density at radius 2 is 1.95 bits per heavy atom. The number of fused-ring (bicyclic) bond motifs is 2. The van der Waals surface area contributed by atoms with Crippen LogP contribution in [-0.2, 0) is 14.3 Å². The number of piperidine rings is 1. The number of methoxy groups -OCH3 is 1. The summed E-state index contributed by atoms with van der Waals surface area (Å²) < 4.78 is 4.67. The van der Waals surface area contributed by atoms with E-state index in [0.717, 1.165) is 12.8 Å². The van der Waals surface area contributed by atoms with E-state index in [4.69, 9.17) is 0 Å². The first-order valence-corrected chi connectivity index (χ1v) is 7.25. The standard InChI is InChI=1S/C14H24N2O3/c1-3-12(14(18)19-2)16-13(17)8-9-6-10-4-5-11(7-9)15-10/h9-12,15H,3-8H2,1-2H3,(H,16,17). The summed E-state index contributed by atoms with van der Waals surface area (Å²) in [4.78, 5) is 23.4. The third kappa shape index (κ3) is 3.69. The molecular weight excluding hydrogens is 244 g/mol. The summed E-state index contributed by atoms with van der Waals surface area (Å²) in [5.41, 5.74) is 0. The topological polar surface area (TPSA) is 67.4 Å². The van der Waals surface area contributed by atoms with E-state index < -0.39 is 6.04 Å². The molecular formula is C14H24N2O3. The van der Waals surface area contributed by atoms with Crippen molar-refractivity contribution in [3.05, 3.63) is 0 Å². The van der Waals surface area contributed by atoms with Crippen molar-refractivity contribution >= 4 is 11.9 Å². The zero-order chi connectivity index (χ0) is 13.8. The Hall–Kier alpha value is -1.10. The van der Waals surface area contributed by atoms with Gasteiger partial charge in [0.15, 0.2) is 0 Å². The fourth-order valence-corrected chi connectivity index (χ4v) is 3.33. The van der Waals surface area contributed by atoms with Crippen LogP contribution in [0.25, 0.3) is 0 Å². The van der Waals surface area contributed by atoms with Crippen molar-refractivity contribution in [1.82, 2.24) is 10.6 Å². The number of nitrogens with one attached hydrogen (secondary N) is 2. The van der Waals surface area contributed by atoms with Gasteiger partial charge in [0.25, 0.3) is 0 Å². The number of amides is 1. The largest absolute Gasteiger partial charge is 0.467 e. The van der Waals surface area contributed by atoms with Crippen molar-refractivity contribution < 1.29 is 14.3 Å². The quantitative estimate of drug-likeness (QED) is 0.729. The van der Waals surface area contributed by atoms with E-state index in [2.05, 4.69) is 15.4 Å². The molecule has 2 fully saturated rings. The molecule has 2 heterocycles. The van der Waals surface area contributed by atoms with Crippen LogP contribution in [0.3, 0.4) is 0 Å². The molecule has 3 atom stereocenters. The van der Waals surface area contributed by atoms with E-state index in [-0.39, 0.29) is 11.9 Å². The maximum atomic E-state index is 12.0. The van der Waals surface area contributed by atoms with Crippen LogP contribution >= 0.6 is 0 Å². The van der Waals surface area contributed by atoms with Gasteiger partial charge in [-0.2, -0.15) is 0 Å². The molecule has 2 saturated heterocycles. The molecule has 5 heteroatoms. The fraction of sp³-hybridized carbons (Fsp3) is 0.857. The number of carbonyl (C=O) groups is 2. The van der Waals surface area contributed by atoms with Gasteiger partial charge in [-0.05, 0) is 38.0 Å². The predicted molar refractivity (Wildman–Crippen MR) is 71.5 cm³/mol. The maximum absolute atomic E-state index is 12.0. The molecule has 2 bridgehead atoms. The molecule has 19 heavy (non-hydrogen) atoms. The number of esters is 1. The Balaban J connectivity index is 1.79. The summed E-state index contributed by atoms with van der Waals surface area (Å²) in [6.07, 6.45) is 5.74. The van der Waals surface area contributed by atoms with E-state index >= 15 is 0 Å². The maximum Gasteiger partial charge on any atom is 0.328 e. The highest BCUT2D eigenvalue weighted by Gasteiger charge is 2.34. The summed E-state index contributed by atoms with van der Waals surface area (Å²) >= 11 is 0. The first-order chi connectivity index (χ1) is 9.12. The van der Waals surface area contributed by atoms with Gasteiger partial charge in [0.05, 0.1) is 7.11 Å². The van der Waals surface area contributed by atoms with Crippen LogP contribution < -0.4 is 10.6 Å². The first kappa shape index (κ1) is 14.3. The number of hydrogen-bond donors (Lipinski definition) is 2. The lowest BCUT2D eigenvalue weighted by molar-refractivity contribution is -0.145. The second kappa shape index (κ2) is 6.37. The minimum Gasteiger partial charge on any atom is -0.467 e. The highest BCUT2D eigenvalue weighted by atomic mass is 16.5. The van der Waals surface area contributed by atoms with E-state index in [1.165, 1.54) is 20.0 Å². The Bertz CT molecular complexity index is 334. The van der Waals surface area contributed by atoms with Gasteiger partial charge in [-0.25, -0.2) is 4.79 Å². The molecule has 1 amide bonds. The van der Waals surface area contributed by atoms with E-state index in [1.807, 2.05) is 6.92 Å². The van der Waals surface area contributed by atoms with Crippen molar-refractivity contribution in [3.8, 4) is 0 Å². The molecule has 5 nitrogen and oxygen atoms in total. The first-order valence-electron chi connectivity index (χ1n) is 7.25. The Morgan fingerprint density at radius 1 is 1.32 bits per heavy atom. The van der Waals surface area contributed by atoms with Gasteiger partial charge in [0.2, 0.25) is 5.91 Å². The summed E-state index contributed by atoms with van der Waals surface area (Å²) in [6.45, 7) is 1.87. The fourth-order valence-electron chi connectivity index (χ4n) is 3.33. The van der Waals surface area contributed by atoms with Gasteiger partial charge >= 0.3 is 5.97 Å². The van der Waals surface area contributed by atoms with E-state index in [1.54, 1.807) is 0 Å². The van der Waals surface area contributed by atoms with Crippen LogP contribution in [0.2, 0.25) is 0 Å². The van der Waals surface area contributed by atoms with Gasteiger partial charge in [-0.15, -0.1) is 0 Å². The summed E-state index contributed by atoms with van der Waals surface area (Å²) in [7, 11) is 1.35. The lowest BCUT2D eigenvalue weighted by atomic mass is 9.89. The lowest BCUT2D eigenvalue weighted by Crippen LogP contribution is -2.43. The third-order valence-electron chi connectivity index (χ3n) is 4.27. The second-order valence-electron chi connectivity index (χ2n) is 5.73. The summed E-state index contributed by atoms with van der Waals surface area (Å²) in [5, 5.41) is 6.35. The monoisotopic (exact) mass is 268 g/mol. The molecule has 0 aromatic rings. The molecule has 0 aromatic heterocycles. The highest BCUT2D eigenvalue weighted by molar-refractivity contribution is 5.84. The molecule has 0 radical (unpaired) electrons. The number of rotatable bonds is 5. The number of carbonyl (C=O) groups excluding carboxylic acids is 2. The van der Waals surface area contributed by atoms with Gasteiger partial charge in [-0.3, -0.25) is 4.79 Å². The van der Waals surface area contributed by atoms with Crippen LogP contribution in [0.15, 0.2) is 0 Å². The van der Waals surface area contributed by atoms with Crippen LogP contribution in [-0.4, -0.2) is 37.1 Å². The molecule has 2 rings (SSSR count). The lowest BCUT2D eigenvalue weighted by Gasteiger charge is -2.29. The molecule has 108 valence electrons. The van der Waals surface area contributed by atoms with E-state index in [0.29, 0.717) is 30.8 Å². The van der Waals surface area contributed by atoms with Crippen molar-refractivity contribution in [2.45, 2.75) is 63.6 Å². The molecule has 3 unspecified atom stereocenters. The van der Waals surface area contributed by atoms with Crippen molar-refractivity contribution in [2.75, 3.05) is 7.11 Å². The van der Waals surface area contributed by atoms with Crippen LogP contribution in [0.1, 0.15) is 45.4 Å². The summed E-state index contributed by atoms with van der Waals surface area (Å²) in [6, 6.07) is 0.689. The van der Waals surface area contributed by atoms with Crippen molar-refractivity contribution in [3.63, 3.8) is 0 Å². The van der Waals surface area contributed by atoms with Crippen molar-refractivity contribution in [2.24, 2.45) is 5.92 Å². The van der Waals surface area contributed by atoms with Crippen LogP contribution in [0, 0.1) is 5.92 Å². The molecule has 2 aliphatic heterocycles. The summed E-state index contributed by atoms with van der Waals surface area (Å²) in [5.74, 6) is 0.0682. The van der Waals surface area contributed by atoms with Gasteiger partial charge in [0.1, 0.15) is 6.04 Å². The zero-order valence-electron chi connectivity index (χ0n) is 11.8. The predicted octanol–water partition coefficient (Wildman–Crippen LogP) is 0.975. The minimum absolute atomic E-state index is 0.0245. The molecule has 0 aliphatic carbocycles. The minimum atomic E-state index is -0.504. The SMILES string of the molecule is CCC(NC(=O)CC1CC2CCC(C1)N2)C(=O)OC. The van der Waals surface area contributed by atoms with E-state index in [9.17, 15) is 9.59 Å². The molecule has 2 N–H and O–H groups in total. The normalized spacial score (nSPS) is 30.7. The highest BCUT2D eigenvalue weighted by Crippen LogP contribution is 2.32. The van der Waals surface area contributed by atoms with Crippen molar-refractivity contribution in [1.29, 1.82) is 0 Å². The third-order valence-corrected chi connectivity index (χ3v) is 4.27. The van der Waals surface area contributed by atoms with Crippen LogP contribution in [0.5, 0.6) is 0 Å². The average molecular weight is 268 g/mol. The smallest absolute Gasteiger partial charge is 0.328 e. The van der Waals surface area contributed by atoms with Gasteiger partial charge in [0, 0.05) is 18.5 Å². The Morgan fingerprint density at radius 3 is 2.47 bits per heavy atom. The molecule has 2 aliphatic rings. The van der Waals surface area contributed by atoms with Gasteiger partial charge in [-0.1, -0.05) is 6.92 Å².